The van der Waals surface area contributed by atoms with E-state index in [-0.39, 0.29) is 5.91 Å². The van der Waals surface area contributed by atoms with Crippen molar-refractivity contribution in [3.05, 3.63) is 41.0 Å². The van der Waals surface area contributed by atoms with E-state index in [4.69, 9.17) is 5.73 Å². The fourth-order valence-corrected chi connectivity index (χ4v) is 2.75. The number of carbonyl (C=O) groups excluding carboxylic acids is 1. The van der Waals surface area contributed by atoms with Gasteiger partial charge in [-0.05, 0) is 12.5 Å². The van der Waals surface area contributed by atoms with Gasteiger partial charge in [0.1, 0.15) is 5.69 Å². The number of rotatable bonds is 4. The lowest BCUT2D eigenvalue weighted by Crippen LogP contribution is -2.32. The van der Waals surface area contributed by atoms with E-state index in [1.54, 1.807) is 23.3 Å². The average Bonchev–Trinajstić information content (AvgIpc) is 2.81. The van der Waals surface area contributed by atoms with Crippen molar-refractivity contribution in [2.75, 3.05) is 20.1 Å². The average molecular weight is 275 g/mol. The highest BCUT2D eigenvalue weighted by Gasteiger charge is 2.20. The predicted molar refractivity (Wildman–Crippen MR) is 78.3 cm³/mol. The molecule has 5 heteroatoms. The Morgan fingerprint density at radius 2 is 2.05 bits per heavy atom. The Bertz CT molecular complexity index is 565. The molecule has 0 radical (unpaired) electrons. The van der Waals surface area contributed by atoms with Gasteiger partial charge in [0.25, 0.3) is 5.91 Å². The van der Waals surface area contributed by atoms with Gasteiger partial charge in [-0.3, -0.25) is 4.79 Å². The summed E-state index contributed by atoms with van der Waals surface area (Å²) in [7, 11) is 1.75. The second kappa shape index (κ2) is 5.95. The van der Waals surface area contributed by atoms with Crippen molar-refractivity contribution in [2.45, 2.75) is 6.92 Å². The van der Waals surface area contributed by atoms with E-state index in [2.05, 4.69) is 4.98 Å². The first-order valence-corrected chi connectivity index (χ1v) is 6.93. The first kappa shape index (κ1) is 13.7. The van der Waals surface area contributed by atoms with Crippen molar-refractivity contribution in [1.29, 1.82) is 0 Å². The van der Waals surface area contributed by atoms with Crippen molar-refractivity contribution >= 4 is 17.2 Å². The molecule has 4 nitrogen and oxygen atoms in total. The minimum Gasteiger partial charge on any atom is -0.339 e. The van der Waals surface area contributed by atoms with Gasteiger partial charge in [-0.1, -0.05) is 30.3 Å². The molecule has 0 atom stereocenters. The third-order valence-electron chi connectivity index (χ3n) is 2.78. The molecule has 2 aromatic rings. The quantitative estimate of drug-likeness (QED) is 0.930. The smallest absolute Gasteiger partial charge is 0.273 e. The Balaban J connectivity index is 2.39. The second-order valence-electron chi connectivity index (χ2n) is 4.29. The Kier molecular flexibility index (Phi) is 4.29. The molecule has 0 aliphatic rings. The number of aromatic nitrogens is 1. The molecule has 0 bridgehead atoms. The zero-order valence-corrected chi connectivity index (χ0v) is 11.9. The molecular formula is C14H17N3OS. The fourth-order valence-electron chi connectivity index (χ4n) is 1.83. The lowest BCUT2D eigenvalue weighted by molar-refractivity contribution is 0.0794. The van der Waals surface area contributed by atoms with E-state index in [9.17, 15) is 4.79 Å². The Morgan fingerprint density at radius 3 is 2.68 bits per heavy atom. The molecule has 1 aromatic heterocycles. The monoisotopic (exact) mass is 275 g/mol. The summed E-state index contributed by atoms with van der Waals surface area (Å²) in [4.78, 5) is 19.3. The van der Waals surface area contributed by atoms with Crippen molar-refractivity contribution in [1.82, 2.24) is 9.88 Å². The molecule has 1 amide bonds. The van der Waals surface area contributed by atoms with E-state index in [0.717, 1.165) is 15.4 Å². The van der Waals surface area contributed by atoms with Crippen LogP contribution in [0.4, 0.5) is 0 Å². The Morgan fingerprint density at radius 1 is 1.37 bits per heavy atom. The van der Waals surface area contributed by atoms with Gasteiger partial charge in [-0.2, -0.15) is 0 Å². The molecule has 100 valence electrons. The van der Waals surface area contributed by atoms with E-state index in [1.165, 1.54) is 0 Å². The number of nitrogens with two attached hydrogens (primary N) is 1. The van der Waals surface area contributed by atoms with Gasteiger partial charge in [-0.25, -0.2) is 4.98 Å². The van der Waals surface area contributed by atoms with Gasteiger partial charge in [0, 0.05) is 20.1 Å². The highest BCUT2D eigenvalue weighted by atomic mass is 32.1. The first-order chi connectivity index (χ1) is 9.13. The number of nitrogens with zero attached hydrogens (tertiary/aromatic N) is 2. The maximum Gasteiger partial charge on any atom is 0.273 e. The number of hydrogen-bond donors (Lipinski definition) is 1. The van der Waals surface area contributed by atoms with Crippen molar-refractivity contribution < 1.29 is 4.79 Å². The molecule has 0 aliphatic carbocycles. The summed E-state index contributed by atoms with van der Waals surface area (Å²) in [6.45, 7) is 2.90. The van der Waals surface area contributed by atoms with E-state index >= 15 is 0 Å². The summed E-state index contributed by atoms with van der Waals surface area (Å²) in [6.07, 6.45) is 0. The minimum absolute atomic E-state index is 0.0753. The lowest BCUT2D eigenvalue weighted by atomic mass is 10.1. The number of hydrogen-bond acceptors (Lipinski definition) is 4. The molecule has 0 saturated heterocycles. The third kappa shape index (κ3) is 3.00. The molecule has 2 rings (SSSR count). The number of likely N-dealkylation sites (N-methyl/N-ethyl adjacent to an activating group) is 1. The second-order valence-corrected chi connectivity index (χ2v) is 5.50. The van der Waals surface area contributed by atoms with Gasteiger partial charge >= 0.3 is 0 Å². The van der Waals surface area contributed by atoms with Gasteiger partial charge in [0.05, 0.1) is 9.88 Å². The van der Waals surface area contributed by atoms with Crippen LogP contribution in [0.5, 0.6) is 0 Å². The summed E-state index contributed by atoms with van der Waals surface area (Å²) in [6, 6.07) is 9.86. The van der Waals surface area contributed by atoms with Crippen LogP contribution in [-0.4, -0.2) is 35.9 Å². The molecular weight excluding hydrogens is 258 g/mol. The lowest BCUT2D eigenvalue weighted by Gasteiger charge is -2.15. The van der Waals surface area contributed by atoms with Crippen LogP contribution >= 0.6 is 11.3 Å². The van der Waals surface area contributed by atoms with E-state index in [0.29, 0.717) is 18.8 Å². The Labute approximate surface area is 116 Å². The van der Waals surface area contributed by atoms with Crippen LogP contribution in [0.25, 0.3) is 10.4 Å². The molecule has 0 fully saturated rings. The number of carbonyl (C=O) groups is 1. The number of thiazole rings is 1. The van der Waals surface area contributed by atoms with Crippen LogP contribution in [0.15, 0.2) is 30.3 Å². The van der Waals surface area contributed by atoms with Crippen LogP contribution in [0, 0.1) is 6.92 Å². The zero-order chi connectivity index (χ0) is 13.8. The summed E-state index contributed by atoms with van der Waals surface area (Å²) in [5.74, 6) is -0.0753. The third-order valence-corrected chi connectivity index (χ3v) is 3.80. The SMILES string of the molecule is Cc1nc(C(=O)N(C)CCN)c(-c2ccccc2)s1. The van der Waals surface area contributed by atoms with Crippen LogP contribution in [0.3, 0.4) is 0 Å². The highest BCUT2D eigenvalue weighted by molar-refractivity contribution is 7.15. The molecule has 19 heavy (non-hydrogen) atoms. The van der Waals surface area contributed by atoms with Crippen molar-refractivity contribution in [3.63, 3.8) is 0 Å². The van der Waals surface area contributed by atoms with Gasteiger partial charge < -0.3 is 10.6 Å². The topological polar surface area (TPSA) is 59.2 Å². The number of amides is 1. The summed E-state index contributed by atoms with van der Waals surface area (Å²) < 4.78 is 0. The summed E-state index contributed by atoms with van der Waals surface area (Å²) >= 11 is 1.54. The molecule has 0 aliphatic heterocycles. The van der Waals surface area contributed by atoms with Crippen LogP contribution in [-0.2, 0) is 0 Å². The maximum atomic E-state index is 12.4. The molecule has 1 heterocycles. The fraction of sp³-hybridized carbons (Fsp3) is 0.286. The number of aryl methyl sites for hydroxylation is 1. The van der Waals surface area contributed by atoms with Crippen LogP contribution in [0.2, 0.25) is 0 Å². The highest BCUT2D eigenvalue weighted by Crippen LogP contribution is 2.30. The van der Waals surface area contributed by atoms with Crippen molar-refractivity contribution in [2.24, 2.45) is 5.73 Å². The predicted octanol–water partition coefficient (Wildman–Crippen LogP) is 2.15. The van der Waals surface area contributed by atoms with Crippen LogP contribution in [0.1, 0.15) is 15.5 Å². The molecule has 0 spiro atoms. The van der Waals surface area contributed by atoms with Crippen LogP contribution < -0.4 is 5.73 Å². The van der Waals surface area contributed by atoms with Gasteiger partial charge in [0.2, 0.25) is 0 Å². The van der Waals surface area contributed by atoms with E-state index < -0.39 is 0 Å². The summed E-state index contributed by atoms with van der Waals surface area (Å²) in [5, 5.41) is 0.892. The zero-order valence-electron chi connectivity index (χ0n) is 11.1. The van der Waals surface area contributed by atoms with E-state index in [1.807, 2.05) is 37.3 Å². The summed E-state index contributed by atoms with van der Waals surface area (Å²) in [5.41, 5.74) is 7.03. The normalized spacial score (nSPS) is 10.5. The molecule has 2 N–H and O–H groups in total. The van der Waals surface area contributed by atoms with Crippen molar-refractivity contribution in [3.8, 4) is 10.4 Å². The first-order valence-electron chi connectivity index (χ1n) is 6.12. The molecule has 0 saturated carbocycles. The van der Waals surface area contributed by atoms with Gasteiger partial charge in [0.15, 0.2) is 0 Å². The largest absolute Gasteiger partial charge is 0.339 e. The minimum atomic E-state index is -0.0753. The molecule has 1 aromatic carbocycles. The van der Waals surface area contributed by atoms with Gasteiger partial charge in [-0.15, -0.1) is 11.3 Å². The number of benzene rings is 1. The maximum absolute atomic E-state index is 12.4. The standard InChI is InChI=1S/C14H17N3OS/c1-10-16-12(14(18)17(2)9-8-15)13(19-10)11-6-4-3-5-7-11/h3-7H,8-9,15H2,1-2H3. The Hall–Kier alpha value is -1.72. The molecule has 0 unspecified atom stereocenters.